The summed E-state index contributed by atoms with van der Waals surface area (Å²) in [6, 6.07) is 13.7. The van der Waals surface area contributed by atoms with Gasteiger partial charge in [0.15, 0.2) is 0 Å². The zero-order valence-electron chi connectivity index (χ0n) is 18.7. The number of carbonyl (C=O) groups excluding carboxylic acids is 2. The third-order valence-corrected chi connectivity index (χ3v) is 6.44. The number of amides is 2. The van der Waals surface area contributed by atoms with E-state index >= 15 is 0 Å². The predicted octanol–water partition coefficient (Wildman–Crippen LogP) is 2.43. The minimum atomic E-state index is -0.0746. The molecule has 0 spiro atoms. The number of hydrogen-bond donors (Lipinski definition) is 1. The van der Waals surface area contributed by atoms with Gasteiger partial charge >= 0.3 is 0 Å². The van der Waals surface area contributed by atoms with Crippen molar-refractivity contribution in [3.63, 3.8) is 0 Å². The van der Waals surface area contributed by atoms with Crippen molar-refractivity contribution in [1.82, 2.24) is 15.1 Å². The summed E-state index contributed by atoms with van der Waals surface area (Å²) in [5.41, 5.74) is 5.30. The summed E-state index contributed by atoms with van der Waals surface area (Å²) in [5.74, 6) is -0.137. The fourth-order valence-electron chi connectivity index (χ4n) is 4.53. The van der Waals surface area contributed by atoms with Gasteiger partial charge in [0.2, 0.25) is 0 Å². The van der Waals surface area contributed by atoms with Crippen LogP contribution in [-0.4, -0.2) is 75.0 Å². The molecule has 1 N–H and O–H groups in total. The first-order valence-corrected chi connectivity index (χ1v) is 11.1. The molecule has 2 amide bonds. The number of likely N-dealkylation sites (N-methyl/N-ethyl adjacent to an activating group) is 1. The van der Waals surface area contributed by atoms with Gasteiger partial charge in [-0.15, -0.1) is 0 Å². The lowest BCUT2D eigenvalue weighted by Gasteiger charge is -2.37. The molecular formula is C25H32N4O2. The van der Waals surface area contributed by atoms with Crippen LogP contribution in [0.3, 0.4) is 0 Å². The number of carbonyl (C=O) groups is 2. The van der Waals surface area contributed by atoms with E-state index in [-0.39, 0.29) is 17.9 Å². The number of nitrogens with one attached hydrogen (secondary N) is 1. The molecule has 31 heavy (non-hydrogen) atoms. The highest BCUT2D eigenvalue weighted by Gasteiger charge is 2.25. The van der Waals surface area contributed by atoms with E-state index in [4.69, 9.17) is 0 Å². The Bertz CT molecular complexity index is 946. The van der Waals surface area contributed by atoms with Crippen molar-refractivity contribution < 1.29 is 9.59 Å². The van der Waals surface area contributed by atoms with Crippen molar-refractivity contribution in [3.8, 4) is 0 Å². The molecule has 1 aliphatic carbocycles. The monoisotopic (exact) mass is 420 g/mol. The van der Waals surface area contributed by atoms with Gasteiger partial charge in [-0.3, -0.25) is 9.59 Å². The summed E-state index contributed by atoms with van der Waals surface area (Å²) in [6.07, 6.45) is 2.79. The highest BCUT2D eigenvalue weighted by Crippen LogP contribution is 2.31. The standard InChI is InChI=1S/C25H32N4O2/c1-27(2)25(31)20-9-7-19(8-10-20)24(30)26-21-12-11-18-5-4-6-23(22(18)17-21)29-15-13-28(3)14-16-29/h4-10,21H,11-17H2,1-3H3,(H,26,30). The summed E-state index contributed by atoms with van der Waals surface area (Å²) in [4.78, 5) is 31.3. The molecule has 2 aromatic rings. The highest BCUT2D eigenvalue weighted by molar-refractivity contribution is 5.97. The zero-order valence-corrected chi connectivity index (χ0v) is 18.7. The normalized spacial score (nSPS) is 18.9. The third-order valence-electron chi connectivity index (χ3n) is 6.44. The van der Waals surface area contributed by atoms with E-state index in [0.29, 0.717) is 11.1 Å². The van der Waals surface area contributed by atoms with E-state index in [1.807, 2.05) is 0 Å². The number of nitrogens with zero attached hydrogens (tertiary/aromatic N) is 3. The number of rotatable bonds is 4. The van der Waals surface area contributed by atoms with Crippen LogP contribution < -0.4 is 10.2 Å². The molecule has 164 valence electrons. The van der Waals surface area contributed by atoms with Crippen LogP contribution in [0.25, 0.3) is 0 Å². The van der Waals surface area contributed by atoms with Gasteiger partial charge < -0.3 is 20.0 Å². The Balaban J connectivity index is 1.44. The Morgan fingerprint density at radius 1 is 0.968 bits per heavy atom. The number of fused-ring (bicyclic) bond motifs is 1. The van der Waals surface area contributed by atoms with Crippen LogP contribution in [0.1, 0.15) is 38.3 Å². The Hall–Kier alpha value is -2.86. The Morgan fingerprint density at radius 3 is 2.32 bits per heavy atom. The second-order valence-corrected chi connectivity index (χ2v) is 8.90. The first-order chi connectivity index (χ1) is 14.9. The van der Waals surface area contributed by atoms with E-state index in [9.17, 15) is 9.59 Å². The number of anilines is 1. The molecule has 1 atom stereocenters. The number of aryl methyl sites for hydroxylation is 1. The fourth-order valence-corrected chi connectivity index (χ4v) is 4.53. The van der Waals surface area contributed by atoms with Gasteiger partial charge in [0.1, 0.15) is 0 Å². The van der Waals surface area contributed by atoms with Gasteiger partial charge in [-0.05, 0) is 67.8 Å². The lowest BCUT2D eigenvalue weighted by Crippen LogP contribution is -2.45. The van der Waals surface area contributed by atoms with Crippen molar-refractivity contribution in [2.45, 2.75) is 25.3 Å². The summed E-state index contributed by atoms with van der Waals surface area (Å²) in [6.45, 7) is 4.25. The van der Waals surface area contributed by atoms with Crippen molar-refractivity contribution in [2.75, 3.05) is 52.2 Å². The first kappa shape index (κ1) is 21.4. The van der Waals surface area contributed by atoms with Crippen LogP contribution in [0.2, 0.25) is 0 Å². The minimum Gasteiger partial charge on any atom is -0.369 e. The molecule has 1 saturated heterocycles. The largest absolute Gasteiger partial charge is 0.369 e. The lowest BCUT2D eigenvalue weighted by atomic mass is 9.86. The minimum absolute atomic E-state index is 0.0627. The molecule has 1 aliphatic heterocycles. The Kier molecular flexibility index (Phi) is 6.28. The number of hydrogen-bond acceptors (Lipinski definition) is 4. The van der Waals surface area contributed by atoms with Crippen LogP contribution >= 0.6 is 0 Å². The average Bonchev–Trinajstić information content (AvgIpc) is 2.79. The molecule has 2 aliphatic rings. The molecule has 0 aromatic heterocycles. The number of benzene rings is 2. The zero-order chi connectivity index (χ0) is 22.0. The van der Waals surface area contributed by atoms with E-state index in [2.05, 4.69) is 40.4 Å². The molecule has 6 nitrogen and oxygen atoms in total. The molecular weight excluding hydrogens is 388 g/mol. The van der Waals surface area contributed by atoms with Crippen molar-refractivity contribution in [3.05, 3.63) is 64.7 Å². The maximum Gasteiger partial charge on any atom is 0.253 e. The van der Waals surface area contributed by atoms with Crippen molar-refractivity contribution in [2.24, 2.45) is 0 Å². The summed E-state index contributed by atoms with van der Waals surface area (Å²) < 4.78 is 0. The molecule has 2 aromatic carbocycles. The summed E-state index contributed by atoms with van der Waals surface area (Å²) >= 11 is 0. The van der Waals surface area contributed by atoms with E-state index < -0.39 is 0 Å². The van der Waals surface area contributed by atoms with Gasteiger partial charge in [-0.2, -0.15) is 0 Å². The summed E-state index contributed by atoms with van der Waals surface area (Å²) in [5, 5.41) is 3.22. The summed E-state index contributed by atoms with van der Waals surface area (Å²) in [7, 11) is 5.62. The molecule has 1 unspecified atom stereocenters. The van der Waals surface area contributed by atoms with Gasteiger partial charge in [-0.25, -0.2) is 0 Å². The fraction of sp³-hybridized carbons (Fsp3) is 0.440. The van der Waals surface area contributed by atoms with Gasteiger partial charge in [0.05, 0.1) is 0 Å². The Morgan fingerprint density at radius 2 is 1.65 bits per heavy atom. The SMILES string of the molecule is CN1CCN(c2cccc3c2CC(NC(=O)c2ccc(C(=O)N(C)C)cc2)CC3)CC1. The highest BCUT2D eigenvalue weighted by atomic mass is 16.2. The second kappa shape index (κ2) is 9.10. The van der Waals surface area contributed by atoms with Gasteiger partial charge in [-0.1, -0.05) is 12.1 Å². The lowest BCUT2D eigenvalue weighted by molar-refractivity contribution is 0.0826. The molecule has 0 bridgehead atoms. The smallest absolute Gasteiger partial charge is 0.253 e. The van der Waals surface area contributed by atoms with Gasteiger partial charge in [0.25, 0.3) is 11.8 Å². The Labute approximate surface area is 184 Å². The third kappa shape index (κ3) is 4.74. The quantitative estimate of drug-likeness (QED) is 0.826. The molecule has 6 heteroatoms. The van der Waals surface area contributed by atoms with Crippen LogP contribution in [0.5, 0.6) is 0 Å². The first-order valence-electron chi connectivity index (χ1n) is 11.1. The number of piperazine rings is 1. The van der Waals surface area contributed by atoms with Crippen molar-refractivity contribution in [1.29, 1.82) is 0 Å². The van der Waals surface area contributed by atoms with Crippen LogP contribution in [0.4, 0.5) is 5.69 Å². The topological polar surface area (TPSA) is 55.9 Å². The molecule has 4 rings (SSSR count). The maximum atomic E-state index is 12.8. The van der Waals surface area contributed by atoms with Crippen molar-refractivity contribution >= 4 is 17.5 Å². The van der Waals surface area contributed by atoms with Crippen LogP contribution in [0.15, 0.2) is 42.5 Å². The van der Waals surface area contributed by atoms with E-state index in [1.165, 1.54) is 21.7 Å². The van der Waals surface area contributed by atoms with Gasteiger partial charge in [0, 0.05) is 63.1 Å². The molecule has 0 radical (unpaired) electrons. The average molecular weight is 421 g/mol. The van der Waals surface area contributed by atoms with Crippen LogP contribution in [0, 0.1) is 0 Å². The molecule has 0 saturated carbocycles. The molecule has 1 heterocycles. The molecule has 1 fully saturated rings. The second-order valence-electron chi connectivity index (χ2n) is 8.90. The van der Waals surface area contributed by atoms with E-state index in [0.717, 1.165) is 45.4 Å². The predicted molar refractivity (Wildman–Crippen MR) is 124 cm³/mol. The van der Waals surface area contributed by atoms with E-state index in [1.54, 1.807) is 38.4 Å². The van der Waals surface area contributed by atoms with Crippen LogP contribution in [-0.2, 0) is 12.8 Å². The maximum absolute atomic E-state index is 12.8.